The molecule has 0 rings (SSSR count). The van der Waals surface area contributed by atoms with E-state index < -0.39 is 5.97 Å². The third-order valence-electron chi connectivity index (χ3n) is 1.75. The van der Waals surface area contributed by atoms with E-state index in [4.69, 9.17) is 5.11 Å². The van der Waals surface area contributed by atoms with E-state index in [0.29, 0.717) is 6.42 Å². The zero-order valence-corrected chi connectivity index (χ0v) is 9.05. The van der Waals surface area contributed by atoms with Gasteiger partial charge in [-0.3, -0.25) is 4.79 Å². The van der Waals surface area contributed by atoms with Gasteiger partial charge in [0.1, 0.15) is 6.04 Å². The maximum Gasteiger partial charge on any atom is 0.320 e. The molecule has 0 radical (unpaired) electrons. The predicted octanol–water partition coefficient (Wildman–Crippen LogP) is 1.88. The molecule has 13 heavy (non-hydrogen) atoms. The van der Waals surface area contributed by atoms with Crippen molar-refractivity contribution in [1.29, 1.82) is 0 Å². The molecule has 0 saturated carbocycles. The molecular weight excluding hydrogens is 166 g/mol. The SMILES string of the molecule is CCCC(NCC(C)(C)C)C(=O)O. The van der Waals surface area contributed by atoms with Gasteiger partial charge in [0.2, 0.25) is 0 Å². The van der Waals surface area contributed by atoms with E-state index in [2.05, 4.69) is 26.1 Å². The summed E-state index contributed by atoms with van der Waals surface area (Å²) in [4.78, 5) is 10.7. The van der Waals surface area contributed by atoms with Crippen LogP contribution in [0.5, 0.6) is 0 Å². The van der Waals surface area contributed by atoms with Crippen LogP contribution >= 0.6 is 0 Å². The number of rotatable bonds is 5. The van der Waals surface area contributed by atoms with Crippen LogP contribution in [0.4, 0.5) is 0 Å². The second-order valence-electron chi connectivity index (χ2n) is 4.62. The Morgan fingerprint density at radius 1 is 1.46 bits per heavy atom. The molecule has 0 aromatic carbocycles. The molecule has 3 heteroatoms. The summed E-state index contributed by atoms with van der Waals surface area (Å²) in [5.74, 6) is -0.744. The van der Waals surface area contributed by atoms with E-state index >= 15 is 0 Å². The van der Waals surface area contributed by atoms with Crippen LogP contribution in [0.3, 0.4) is 0 Å². The van der Waals surface area contributed by atoms with Crippen molar-refractivity contribution in [2.45, 2.75) is 46.6 Å². The highest BCUT2D eigenvalue weighted by Gasteiger charge is 2.18. The minimum absolute atomic E-state index is 0.140. The number of carboxylic acid groups (broad SMARTS) is 1. The third-order valence-corrected chi connectivity index (χ3v) is 1.75. The van der Waals surface area contributed by atoms with Gasteiger partial charge < -0.3 is 10.4 Å². The number of hydrogen-bond acceptors (Lipinski definition) is 2. The summed E-state index contributed by atoms with van der Waals surface area (Å²) < 4.78 is 0. The molecule has 0 bridgehead atoms. The largest absolute Gasteiger partial charge is 0.480 e. The van der Waals surface area contributed by atoms with Crippen molar-refractivity contribution in [3.63, 3.8) is 0 Å². The lowest BCUT2D eigenvalue weighted by atomic mass is 9.96. The van der Waals surface area contributed by atoms with Crippen molar-refractivity contribution in [3.8, 4) is 0 Å². The van der Waals surface area contributed by atoms with Crippen molar-refractivity contribution in [2.24, 2.45) is 5.41 Å². The highest BCUT2D eigenvalue weighted by Crippen LogP contribution is 2.11. The van der Waals surface area contributed by atoms with Crippen LogP contribution in [0, 0.1) is 5.41 Å². The van der Waals surface area contributed by atoms with Gasteiger partial charge in [0.25, 0.3) is 0 Å². The van der Waals surface area contributed by atoms with Gasteiger partial charge in [0.05, 0.1) is 0 Å². The molecule has 0 spiro atoms. The highest BCUT2D eigenvalue weighted by molar-refractivity contribution is 5.73. The van der Waals surface area contributed by atoms with Gasteiger partial charge in [0.15, 0.2) is 0 Å². The maximum atomic E-state index is 10.7. The van der Waals surface area contributed by atoms with Gasteiger partial charge in [-0.15, -0.1) is 0 Å². The molecule has 0 aliphatic carbocycles. The number of carbonyl (C=O) groups is 1. The second kappa shape index (κ2) is 5.22. The first-order chi connectivity index (χ1) is 5.87. The van der Waals surface area contributed by atoms with Crippen molar-refractivity contribution < 1.29 is 9.90 Å². The molecule has 0 aromatic heterocycles. The molecule has 0 heterocycles. The first-order valence-corrected chi connectivity index (χ1v) is 4.83. The lowest BCUT2D eigenvalue weighted by Gasteiger charge is -2.22. The molecule has 0 aromatic rings. The van der Waals surface area contributed by atoms with Gasteiger partial charge in [-0.05, 0) is 11.8 Å². The molecule has 78 valence electrons. The Bertz CT molecular complexity index is 161. The van der Waals surface area contributed by atoms with E-state index in [0.717, 1.165) is 13.0 Å². The predicted molar refractivity (Wildman–Crippen MR) is 53.8 cm³/mol. The summed E-state index contributed by atoms with van der Waals surface area (Å²) in [6, 6.07) is -0.385. The quantitative estimate of drug-likeness (QED) is 0.691. The summed E-state index contributed by atoms with van der Waals surface area (Å²) >= 11 is 0. The van der Waals surface area contributed by atoms with Crippen LogP contribution in [0.25, 0.3) is 0 Å². The Labute approximate surface area is 80.5 Å². The summed E-state index contributed by atoms with van der Waals surface area (Å²) in [7, 11) is 0. The normalized spacial score (nSPS) is 14.2. The molecule has 0 saturated heterocycles. The van der Waals surface area contributed by atoms with Crippen molar-refractivity contribution in [2.75, 3.05) is 6.54 Å². The molecule has 0 fully saturated rings. The zero-order chi connectivity index (χ0) is 10.5. The van der Waals surface area contributed by atoms with Crippen LogP contribution in [0.1, 0.15) is 40.5 Å². The topological polar surface area (TPSA) is 49.3 Å². The smallest absolute Gasteiger partial charge is 0.320 e. The fourth-order valence-electron chi connectivity index (χ4n) is 1.03. The Morgan fingerprint density at radius 3 is 2.31 bits per heavy atom. The molecule has 2 N–H and O–H groups in total. The molecule has 1 atom stereocenters. The molecule has 0 aliphatic heterocycles. The molecule has 3 nitrogen and oxygen atoms in total. The maximum absolute atomic E-state index is 10.7. The van der Waals surface area contributed by atoms with Crippen molar-refractivity contribution in [3.05, 3.63) is 0 Å². The fourth-order valence-corrected chi connectivity index (χ4v) is 1.03. The Kier molecular flexibility index (Phi) is 4.99. The number of aliphatic carboxylic acids is 1. The Hall–Kier alpha value is -0.570. The molecule has 1 unspecified atom stereocenters. The molecule has 0 amide bonds. The number of nitrogens with one attached hydrogen (secondary N) is 1. The lowest BCUT2D eigenvalue weighted by molar-refractivity contribution is -0.139. The third kappa shape index (κ3) is 6.58. The monoisotopic (exact) mass is 187 g/mol. The van der Waals surface area contributed by atoms with E-state index in [9.17, 15) is 4.79 Å². The van der Waals surface area contributed by atoms with Crippen LogP contribution < -0.4 is 5.32 Å². The standard InChI is InChI=1S/C10H21NO2/c1-5-6-8(9(12)13)11-7-10(2,3)4/h8,11H,5-7H2,1-4H3,(H,12,13). The second-order valence-corrected chi connectivity index (χ2v) is 4.62. The summed E-state index contributed by atoms with van der Waals surface area (Å²) in [6.45, 7) is 9.00. The van der Waals surface area contributed by atoms with Crippen LogP contribution in [-0.2, 0) is 4.79 Å². The minimum Gasteiger partial charge on any atom is -0.480 e. The number of hydrogen-bond donors (Lipinski definition) is 2. The average Bonchev–Trinajstić information content (AvgIpc) is 1.95. The van der Waals surface area contributed by atoms with E-state index in [1.165, 1.54) is 0 Å². The van der Waals surface area contributed by atoms with E-state index in [1.807, 2.05) is 6.92 Å². The molecule has 0 aliphatic rings. The van der Waals surface area contributed by atoms with Gasteiger partial charge in [-0.1, -0.05) is 34.1 Å². The Balaban J connectivity index is 3.90. The molecular formula is C10H21NO2. The fraction of sp³-hybridized carbons (Fsp3) is 0.900. The van der Waals surface area contributed by atoms with E-state index in [1.54, 1.807) is 0 Å². The minimum atomic E-state index is -0.744. The van der Waals surface area contributed by atoms with Gasteiger partial charge in [-0.2, -0.15) is 0 Å². The first kappa shape index (κ1) is 12.4. The summed E-state index contributed by atoms with van der Waals surface area (Å²) in [5, 5.41) is 11.9. The van der Waals surface area contributed by atoms with Crippen LogP contribution in [0.15, 0.2) is 0 Å². The van der Waals surface area contributed by atoms with Gasteiger partial charge >= 0.3 is 5.97 Å². The zero-order valence-electron chi connectivity index (χ0n) is 9.05. The lowest BCUT2D eigenvalue weighted by Crippen LogP contribution is -2.40. The average molecular weight is 187 g/mol. The highest BCUT2D eigenvalue weighted by atomic mass is 16.4. The summed E-state index contributed by atoms with van der Waals surface area (Å²) in [6.07, 6.45) is 1.60. The first-order valence-electron chi connectivity index (χ1n) is 4.83. The van der Waals surface area contributed by atoms with Crippen LogP contribution in [0.2, 0.25) is 0 Å². The van der Waals surface area contributed by atoms with Crippen LogP contribution in [-0.4, -0.2) is 23.7 Å². The van der Waals surface area contributed by atoms with Gasteiger partial charge in [0, 0.05) is 6.54 Å². The van der Waals surface area contributed by atoms with Crippen molar-refractivity contribution in [1.82, 2.24) is 5.32 Å². The van der Waals surface area contributed by atoms with E-state index in [-0.39, 0.29) is 11.5 Å². The summed E-state index contributed by atoms with van der Waals surface area (Å²) in [5.41, 5.74) is 0.140. The Morgan fingerprint density at radius 2 is 2.00 bits per heavy atom. The van der Waals surface area contributed by atoms with Crippen molar-refractivity contribution >= 4 is 5.97 Å². The van der Waals surface area contributed by atoms with Gasteiger partial charge in [-0.25, -0.2) is 0 Å². The number of carboxylic acids is 1.